The van der Waals surface area contributed by atoms with E-state index in [0.717, 1.165) is 30.2 Å². The van der Waals surface area contributed by atoms with Crippen molar-refractivity contribution >= 4 is 24.1 Å². The van der Waals surface area contributed by atoms with Crippen LogP contribution in [0, 0.1) is 0 Å². The second-order valence-corrected chi connectivity index (χ2v) is 4.59. The number of benzene rings is 1. The number of methoxy groups -OCH3 is 1. The molecule has 0 atom stereocenters. The Balaban J connectivity index is 2.95. The van der Waals surface area contributed by atoms with Gasteiger partial charge < -0.3 is 15.0 Å². The Hall–Kier alpha value is -2.14. The molecule has 1 rings (SSSR count). The molecule has 1 aromatic rings. The number of aliphatic imine (C=N–C) groups is 2. The van der Waals surface area contributed by atoms with E-state index >= 15 is 0 Å². The minimum Gasteiger partial charge on any atom is -0.383 e. The molecule has 0 aliphatic rings. The summed E-state index contributed by atoms with van der Waals surface area (Å²) in [6.07, 6.45) is 0. The molecule has 0 aliphatic carbocycles. The monoisotopic (exact) mass is 288 g/mol. The number of hydrogen-bond donors (Lipinski definition) is 1. The third-order valence-corrected chi connectivity index (χ3v) is 2.85. The maximum atomic E-state index is 5.14. The molecule has 21 heavy (non-hydrogen) atoms. The van der Waals surface area contributed by atoms with Crippen LogP contribution in [0.15, 0.2) is 46.5 Å². The Kier molecular flexibility index (Phi) is 7.18. The molecule has 0 fully saturated rings. The molecule has 0 unspecified atom stereocenters. The van der Waals surface area contributed by atoms with E-state index in [1.54, 1.807) is 7.11 Å². The van der Waals surface area contributed by atoms with Crippen LogP contribution in [0.2, 0.25) is 0 Å². The van der Waals surface area contributed by atoms with Crippen LogP contribution < -0.4 is 10.2 Å². The van der Waals surface area contributed by atoms with Gasteiger partial charge in [0.25, 0.3) is 0 Å². The summed E-state index contributed by atoms with van der Waals surface area (Å²) in [6.45, 7) is 13.7. The third-order valence-electron chi connectivity index (χ3n) is 2.85. The van der Waals surface area contributed by atoms with Crippen LogP contribution in [0.3, 0.4) is 0 Å². The molecule has 0 aromatic heterocycles. The molecule has 1 N–H and O–H groups in total. The highest BCUT2D eigenvalue weighted by Crippen LogP contribution is 2.21. The van der Waals surface area contributed by atoms with E-state index < -0.39 is 0 Å². The largest absolute Gasteiger partial charge is 0.383 e. The highest BCUT2D eigenvalue weighted by Gasteiger charge is 2.05. The average Bonchev–Trinajstić information content (AvgIpc) is 2.47. The second-order valence-electron chi connectivity index (χ2n) is 4.59. The smallest absolute Gasteiger partial charge is 0.226 e. The molecule has 0 saturated carbocycles. The summed E-state index contributed by atoms with van der Waals surface area (Å²) in [5, 5.41) is 2.97. The van der Waals surface area contributed by atoms with Crippen LogP contribution in [0.4, 0.5) is 11.4 Å². The quantitative estimate of drug-likeness (QED) is 0.620. The van der Waals surface area contributed by atoms with Crippen molar-refractivity contribution in [2.45, 2.75) is 13.8 Å². The molecular weight excluding hydrogens is 264 g/mol. The molecule has 0 heterocycles. The fourth-order valence-electron chi connectivity index (χ4n) is 1.85. The Bertz CT molecular complexity index is 511. The van der Waals surface area contributed by atoms with Crippen molar-refractivity contribution in [1.29, 1.82) is 0 Å². The first-order valence-electron chi connectivity index (χ1n) is 6.92. The third kappa shape index (κ3) is 5.79. The molecule has 0 radical (unpaired) electrons. The first-order valence-corrected chi connectivity index (χ1v) is 6.92. The topological polar surface area (TPSA) is 49.2 Å². The lowest BCUT2D eigenvalue weighted by Crippen LogP contribution is -2.26. The number of allylic oxidation sites excluding steroid dienone is 1. The molecule has 5 heteroatoms. The summed E-state index contributed by atoms with van der Waals surface area (Å²) in [7, 11) is 1.71. The Morgan fingerprint density at radius 3 is 2.76 bits per heavy atom. The lowest BCUT2D eigenvalue weighted by atomic mass is 10.2. The summed E-state index contributed by atoms with van der Waals surface area (Å²) < 4.78 is 5.14. The number of nitrogens with zero attached hydrogens (tertiary/aromatic N) is 3. The zero-order chi connectivity index (χ0) is 15.7. The minimum atomic E-state index is 0.444. The maximum Gasteiger partial charge on any atom is 0.226 e. The van der Waals surface area contributed by atoms with Crippen molar-refractivity contribution in [3.05, 3.63) is 36.5 Å². The Morgan fingerprint density at radius 2 is 2.19 bits per heavy atom. The first-order chi connectivity index (χ1) is 10.1. The van der Waals surface area contributed by atoms with Crippen LogP contribution in [-0.4, -0.2) is 39.5 Å². The number of likely N-dealkylation sites (N-methyl/N-ethyl adjacent to an activating group) is 1. The van der Waals surface area contributed by atoms with E-state index in [4.69, 9.17) is 4.74 Å². The lowest BCUT2D eigenvalue weighted by molar-refractivity contribution is 0.205. The van der Waals surface area contributed by atoms with Gasteiger partial charge in [0, 0.05) is 31.6 Å². The number of ether oxygens (including phenoxy) is 1. The molecule has 0 spiro atoms. The van der Waals surface area contributed by atoms with E-state index in [2.05, 4.69) is 46.5 Å². The molecule has 0 bridgehead atoms. The molecular formula is C16H24N4O. The van der Waals surface area contributed by atoms with Crippen LogP contribution in [0.25, 0.3) is 0 Å². The van der Waals surface area contributed by atoms with Gasteiger partial charge in [0.15, 0.2) is 0 Å². The summed E-state index contributed by atoms with van der Waals surface area (Å²) >= 11 is 0. The molecule has 0 saturated heterocycles. The standard InChI is InChI=1S/C16H24N4O/c1-6-20(10-11-21-5)15-9-7-8-14(12-15)19-16(17-4)18-13(2)3/h7-9,12H,2,4,6,10-11H2,1,3,5H3,(H,18,19). The summed E-state index contributed by atoms with van der Waals surface area (Å²) in [5.74, 6) is 0.444. The molecule has 0 amide bonds. The normalized spacial score (nSPS) is 11.1. The predicted octanol–water partition coefficient (Wildman–Crippen LogP) is 2.97. The van der Waals surface area contributed by atoms with Crippen molar-refractivity contribution in [2.24, 2.45) is 9.98 Å². The lowest BCUT2D eigenvalue weighted by Gasteiger charge is -2.22. The van der Waals surface area contributed by atoms with Crippen molar-refractivity contribution < 1.29 is 4.74 Å². The van der Waals surface area contributed by atoms with Crippen LogP contribution >= 0.6 is 0 Å². The van der Waals surface area contributed by atoms with Gasteiger partial charge in [-0.3, -0.25) is 0 Å². The van der Waals surface area contributed by atoms with Crippen LogP contribution in [0.1, 0.15) is 13.8 Å². The van der Waals surface area contributed by atoms with Gasteiger partial charge in [-0.15, -0.1) is 0 Å². The van der Waals surface area contributed by atoms with Crippen molar-refractivity contribution in [3.63, 3.8) is 0 Å². The highest BCUT2D eigenvalue weighted by molar-refractivity contribution is 5.87. The predicted molar refractivity (Wildman–Crippen MR) is 90.8 cm³/mol. The molecule has 5 nitrogen and oxygen atoms in total. The van der Waals surface area contributed by atoms with E-state index in [-0.39, 0.29) is 0 Å². The van der Waals surface area contributed by atoms with Crippen molar-refractivity contribution in [3.8, 4) is 0 Å². The molecule has 114 valence electrons. The van der Waals surface area contributed by atoms with Gasteiger partial charge in [0.1, 0.15) is 0 Å². The molecule has 0 aliphatic heterocycles. The van der Waals surface area contributed by atoms with Gasteiger partial charge in [-0.2, -0.15) is 0 Å². The van der Waals surface area contributed by atoms with Crippen molar-refractivity contribution in [2.75, 3.05) is 31.7 Å². The van der Waals surface area contributed by atoms with E-state index in [9.17, 15) is 0 Å². The van der Waals surface area contributed by atoms with Gasteiger partial charge >= 0.3 is 0 Å². The van der Waals surface area contributed by atoms with Gasteiger partial charge in [-0.1, -0.05) is 12.6 Å². The summed E-state index contributed by atoms with van der Waals surface area (Å²) in [5.41, 5.74) is 2.70. The Labute approximate surface area is 127 Å². The number of hydrogen-bond acceptors (Lipinski definition) is 3. The fraction of sp³-hybridized carbons (Fsp3) is 0.375. The average molecular weight is 288 g/mol. The number of guanidine groups is 1. The zero-order valence-corrected chi connectivity index (χ0v) is 13.1. The van der Waals surface area contributed by atoms with Crippen LogP contribution in [0.5, 0.6) is 0 Å². The fourth-order valence-corrected chi connectivity index (χ4v) is 1.85. The minimum absolute atomic E-state index is 0.444. The summed E-state index contributed by atoms with van der Waals surface area (Å²) in [4.78, 5) is 10.5. The van der Waals surface area contributed by atoms with Gasteiger partial charge in [-0.25, -0.2) is 9.98 Å². The number of rotatable bonds is 7. The van der Waals surface area contributed by atoms with E-state index in [0.29, 0.717) is 12.6 Å². The second kappa shape index (κ2) is 8.92. The van der Waals surface area contributed by atoms with Gasteiger partial charge in [0.2, 0.25) is 5.96 Å². The van der Waals surface area contributed by atoms with Gasteiger partial charge in [0.05, 0.1) is 12.3 Å². The zero-order valence-electron chi connectivity index (χ0n) is 13.1. The van der Waals surface area contributed by atoms with E-state index in [1.807, 2.05) is 25.1 Å². The first kappa shape index (κ1) is 16.9. The highest BCUT2D eigenvalue weighted by atomic mass is 16.5. The summed E-state index contributed by atoms with van der Waals surface area (Å²) in [6, 6.07) is 7.99. The molecule has 1 aromatic carbocycles. The van der Waals surface area contributed by atoms with Crippen molar-refractivity contribution in [1.82, 2.24) is 5.32 Å². The SMILES string of the molecule is C=NC(=Nc1cccc(N(CC)CCOC)c1)NC(=C)C. The maximum absolute atomic E-state index is 5.14. The number of anilines is 1. The number of nitrogens with one attached hydrogen (secondary N) is 1. The Morgan fingerprint density at radius 1 is 1.43 bits per heavy atom. The van der Waals surface area contributed by atoms with E-state index in [1.165, 1.54) is 0 Å². The van der Waals surface area contributed by atoms with Crippen LogP contribution in [-0.2, 0) is 4.74 Å². The van der Waals surface area contributed by atoms with Gasteiger partial charge in [-0.05, 0) is 38.8 Å².